The zero-order chi connectivity index (χ0) is 10.6. The first kappa shape index (κ1) is 15.3. The smallest absolute Gasteiger partial charge is 0.445 e. The van der Waals surface area contributed by atoms with Crippen LogP contribution in [-0.2, 0) is 6.54 Å². The number of hydrogen-bond acceptors (Lipinski definition) is 2. The molecule has 0 saturated carbocycles. The Bertz CT molecular complexity index is 324. The summed E-state index contributed by atoms with van der Waals surface area (Å²) >= 11 is 0. The molecule has 2 N–H and O–H groups in total. The van der Waals surface area contributed by atoms with Gasteiger partial charge in [0.1, 0.15) is 0 Å². The molecule has 0 aliphatic carbocycles. The third-order valence-electron chi connectivity index (χ3n) is 1.57. The molecular weight excluding hydrogens is 231 g/mol. The van der Waals surface area contributed by atoms with E-state index >= 15 is 0 Å². The molecule has 0 saturated heterocycles. The van der Waals surface area contributed by atoms with Crippen LogP contribution in [0.4, 0.5) is 12.9 Å². The molecule has 0 spiro atoms. The van der Waals surface area contributed by atoms with Gasteiger partial charge in [0.25, 0.3) is 0 Å². The summed E-state index contributed by atoms with van der Waals surface area (Å²) in [6.07, 6.45) is 2.41. The second-order valence-corrected chi connectivity index (χ2v) is 2.78. The van der Waals surface area contributed by atoms with Gasteiger partial charge in [0.2, 0.25) is 0 Å². The minimum absolute atomic E-state index is 0. The number of aromatic nitrogens is 1. The first-order chi connectivity index (χ1) is 6.51. The third-order valence-corrected chi connectivity index (χ3v) is 1.57. The largest absolute Gasteiger partial charge is 1.00 e. The van der Waals surface area contributed by atoms with Crippen molar-refractivity contribution in [1.82, 2.24) is 4.98 Å². The van der Waals surface area contributed by atoms with Crippen molar-refractivity contribution in [3.05, 3.63) is 35.6 Å². The topological polar surface area (TPSA) is 38.9 Å². The Balaban J connectivity index is 0.00000196. The van der Waals surface area contributed by atoms with E-state index in [1.807, 2.05) is 0 Å². The van der Waals surface area contributed by atoms with Gasteiger partial charge in [-0.05, 0) is 11.6 Å². The van der Waals surface area contributed by atoms with E-state index in [9.17, 15) is 12.9 Å². The summed E-state index contributed by atoms with van der Waals surface area (Å²) in [5, 5.41) is 0. The summed E-state index contributed by atoms with van der Waals surface area (Å²) in [6, 6.07) is 3.15. The molecule has 1 rings (SSSR count). The van der Waals surface area contributed by atoms with Gasteiger partial charge in [-0.2, -0.15) is 0 Å². The van der Waals surface area contributed by atoms with Crippen LogP contribution in [0.15, 0.2) is 24.3 Å². The van der Waals surface area contributed by atoms with Gasteiger partial charge in [0, 0.05) is 12.7 Å². The predicted molar refractivity (Wildman–Crippen MR) is 50.2 cm³/mol. The van der Waals surface area contributed by atoms with Crippen molar-refractivity contribution < 1.29 is 64.3 Å². The van der Waals surface area contributed by atoms with Crippen LogP contribution < -0.4 is 57.1 Å². The third kappa shape index (κ3) is 6.49. The zero-order valence-corrected chi connectivity index (χ0v) is 11.5. The average Bonchev–Trinajstić information content (AvgIpc) is 2.14. The van der Waals surface area contributed by atoms with Crippen molar-refractivity contribution in [2.45, 2.75) is 6.54 Å². The van der Waals surface area contributed by atoms with Gasteiger partial charge in [-0.1, -0.05) is 12.1 Å². The van der Waals surface area contributed by atoms with E-state index < -0.39 is 6.98 Å². The summed E-state index contributed by atoms with van der Waals surface area (Å²) in [7, 11) is 0. The molecule has 0 atom stereocenters. The molecule has 0 aliphatic rings. The van der Waals surface area contributed by atoms with Crippen LogP contribution in [-0.4, -0.2) is 12.0 Å². The standard InChI is InChI=1S/C8H9BF3N2.K/c10-9(11,12)4-3-8-2-1-7(5-13)6-14-8;/h1-4,6H,5,13H2;/q-1;+1/b4-3+;. The van der Waals surface area contributed by atoms with Crippen LogP contribution in [0.3, 0.4) is 0 Å². The molecule has 0 unspecified atom stereocenters. The number of pyridine rings is 1. The first-order valence-corrected chi connectivity index (χ1v) is 4.05. The number of halogens is 3. The number of hydrogen-bond donors (Lipinski definition) is 1. The van der Waals surface area contributed by atoms with Gasteiger partial charge < -0.3 is 18.7 Å². The summed E-state index contributed by atoms with van der Waals surface area (Å²) in [6.45, 7) is -4.55. The van der Waals surface area contributed by atoms with Gasteiger partial charge in [-0.25, -0.2) is 0 Å². The normalized spacial score (nSPS) is 11.5. The van der Waals surface area contributed by atoms with E-state index in [4.69, 9.17) is 5.73 Å². The molecule has 1 aromatic rings. The second kappa shape index (κ2) is 6.82. The maximum absolute atomic E-state index is 11.8. The second-order valence-electron chi connectivity index (χ2n) is 2.78. The van der Waals surface area contributed by atoms with Gasteiger partial charge >= 0.3 is 58.4 Å². The maximum atomic E-state index is 11.8. The van der Waals surface area contributed by atoms with Crippen LogP contribution in [0.1, 0.15) is 11.3 Å². The molecule has 1 heterocycles. The van der Waals surface area contributed by atoms with Crippen LogP contribution >= 0.6 is 0 Å². The molecular formula is C8H9BF3KN2. The predicted octanol–water partition coefficient (Wildman–Crippen LogP) is -1.06. The number of nitrogens with zero attached hydrogens (tertiary/aromatic N) is 1. The fourth-order valence-corrected chi connectivity index (χ4v) is 0.863. The fraction of sp³-hybridized carbons (Fsp3) is 0.125. The van der Waals surface area contributed by atoms with Gasteiger partial charge in [0.05, 0.1) is 5.69 Å². The SMILES string of the molecule is NCc1ccc(/C=C/[B-](F)(F)F)nc1.[K+]. The minimum atomic E-state index is -4.89. The van der Waals surface area contributed by atoms with Crippen LogP contribution in [0.5, 0.6) is 0 Å². The molecule has 2 nitrogen and oxygen atoms in total. The Labute approximate surface area is 129 Å². The van der Waals surface area contributed by atoms with E-state index in [2.05, 4.69) is 4.98 Å². The van der Waals surface area contributed by atoms with E-state index in [1.54, 1.807) is 6.07 Å². The van der Waals surface area contributed by atoms with E-state index in [-0.39, 0.29) is 63.1 Å². The van der Waals surface area contributed by atoms with Crippen molar-refractivity contribution in [2.75, 3.05) is 0 Å². The maximum Gasteiger partial charge on any atom is 1.00 e. The Morgan fingerprint density at radius 1 is 1.33 bits per heavy atom. The zero-order valence-electron chi connectivity index (χ0n) is 8.33. The summed E-state index contributed by atoms with van der Waals surface area (Å²) in [4.78, 5) is 3.80. The van der Waals surface area contributed by atoms with Crippen LogP contribution in [0.25, 0.3) is 6.08 Å². The van der Waals surface area contributed by atoms with Crippen molar-refractivity contribution in [1.29, 1.82) is 0 Å². The van der Waals surface area contributed by atoms with Crippen molar-refractivity contribution >= 4 is 13.1 Å². The minimum Gasteiger partial charge on any atom is -0.445 e. The van der Waals surface area contributed by atoms with Crippen molar-refractivity contribution in [3.63, 3.8) is 0 Å². The van der Waals surface area contributed by atoms with Crippen molar-refractivity contribution in [3.8, 4) is 0 Å². The molecule has 0 bridgehead atoms. The van der Waals surface area contributed by atoms with Gasteiger partial charge in [0.15, 0.2) is 0 Å². The van der Waals surface area contributed by atoms with Crippen molar-refractivity contribution in [2.24, 2.45) is 5.73 Å². The van der Waals surface area contributed by atoms with Gasteiger partial charge in [-0.15, -0.1) is 5.98 Å². The summed E-state index contributed by atoms with van der Waals surface area (Å²) in [5.74, 6) is 0.213. The van der Waals surface area contributed by atoms with E-state index in [0.717, 1.165) is 11.6 Å². The molecule has 0 aliphatic heterocycles. The first-order valence-electron chi connectivity index (χ1n) is 4.05. The monoisotopic (exact) mass is 240 g/mol. The molecule has 1 aromatic heterocycles. The summed E-state index contributed by atoms with van der Waals surface area (Å²) in [5.41, 5.74) is 6.38. The molecule has 0 radical (unpaired) electrons. The van der Waals surface area contributed by atoms with Crippen LogP contribution in [0, 0.1) is 0 Å². The number of nitrogens with two attached hydrogens (primary N) is 1. The average molecular weight is 240 g/mol. The molecule has 76 valence electrons. The Morgan fingerprint density at radius 2 is 2.00 bits per heavy atom. The Hall–Kier alpha value is 0.341. The Morgan fingerprint density at radius 3 is 2.40 bits per heavy atom. The quantitative estimate of drug-likeness (QED) is 0.684. The van der Waals surface area contributed by atoms with E-state index in [0.29, 0.717) is 6.54 Å². The fourth-order valence-electron chi connectivity index (χ4n) is 0.863. The molecule has 7 heteroatoms. The van der Waals surface area contributed by atoms with Crippen LogP contribution in [0.2, 0.25) is 0 Å². The van der Waals surface area contributed by atoms with Gasteiger partial charge in [-0.3, -0.25) is 4.98 Å². The molecule has 15 heavy (non-hydrogen) atoms. The molecule has 0 fully saturated rings. The Kier molecular flexibility index (Phi) is 6.98. The molecule has 0 amide bonds. The summed E-state index contributed by atoms with van der Waals surface area (Å²) < 4.78 is 35.4. The van der Waals surface area contributed by atoms with E-state index in [1.165, 1.54) is 12.3 Å². The molecule has 0 aromatic carbocycles. The number of rotatable bonds is 3.